The Kier molecular flexibility index (Phi) is 5.00. The highest BCUT2D eigenvalue weighted by atomic mass is 32.2. The third-order valence-corrected chi connectivity index (χ3v) is 5.96. The molecular formula is C19H18N4O2S2. The first kappa shape index (κ1) is 17.8. The number of nitrogens with zero attached hydrogens (tertiary/aromatic N) is 3. The van der Waals surface area contributed by atoms with Gasteiger partial charge in [0.1, 0.15) is 0 Å². The molecule has 4 aromatic rings. The number of amides is 1. The normalized spacial score (nSPS) is 11.3. The molecule has 1 N–H and O–H groups in total. The average molecular weight is 399 g/mol. The molecule has 1 amide bonds. The fraction of sp³-hybridized carbons (Fsp3) is 0.211. The van der Waals surface area contributed by atoms with Gasteiger partial charge in [-0.25, -0.2) is 4.98 Å². The predicted molar refractivity (Wildman–Crippen MR) is 112 cm³/mol. The molecule has 1 aromatic carbocycles. The van der Waals surface area contributed by atoms with Crippen LogP contribution >= 0.6 is 23.1 Å². The first-order chi connectivity index (χ1) is 13.1. The number of aromatic nitrogens is 3. The van der Waals surface area contributed by atoms with Gasteiger partial charge in [0.15, 0.2) is 4.96 Å². The number of hydrogen-bond donors (Lipinski definition) is 1. The van der Waals surface area contributed by atoms with Crippen LogP contribution in [-0.2, 0) is 17.1 Å². The average Bonchev–Trinajstić information content (AvgIpc) is 3.28. The number of thioether (sulfide) groups is 1. The molecule has 8 heteroatoms. The first-order valence-electron chi connectivity index (χ1n) is 8.56. The van der Waals surface area contributed by atoms with E-state index in [9.17, 15) is 9.59 Å². The van der Waals surface area contributed by atoms with Crippen molar-refractivity contribution < 1.29 is 4.79 Å². The van der Waals surface area contributed by atoms with Crippen molar-refractivity contribution in [3.8, 4) is 0 Å². The van der Waals surface area contributed by atoms with Crippen LogP contribution in [0.15, 0.2) is 52.9 Å². The van der Waals surface area contributed by atoms with E-state index in [2.05, 4.69) is 21.8 Å². The molecule has 0 aliphatic rings. The zero-order chi connectivity index (χ0) is 18.8. The molecule has 0 spiro atoms. The fourth-order valence-corrected chi connectivity index (χ4v) is 4.42. The molecule has 27 heavy (non-hydrogen) atoms. The Morgan fingerprint density at radius 1 is 1.26 bits per heavy atom. The lowest BCUT2D eigenvalue weighted by atomic mass is 10.2. The molecule has 138 valence electrons. The maximum atomic E-state index is 12.2. The van der Waals surface area contributed by atoms with Gasteiger partial charge in [-0.05, 0) is 31.2 Å². The van der Waals surface area contributed by atoms with Gasteiger partial charge in [-0.1, -0.05) is 0 Å². The molecule has 3 aromatic heterocycles. The predicted octanol–water partition coefficient (Wildman–Crippen LogP) is 3.60. The highest BCUT2D eigenvalue weighted by molar-refractivity contribution is 7.99. The molecule has 0 aliphatic heterocycles. The lowest BCUT2D eigenvalue weighted by Crippen LogP contribution is -2.15. The minimum atomic E-state index is -0.0892. The van der Waals surface area contributed by atoms with Crippen LogP contribution in [0, 0.1) is 0 Å². The van der Waals surface area contributed by atoms with Crippen molar-refractivity contribution >= 4 is 50.6 Å². The highest BCUT2D eigenvalue weighted by Gasteiger charge is 2.08. The van der Waals surface area contributed by atoms with Crippen molar-refractivity contribution in [3.63, 3.8) is 0 Å². The summed E-state index contributed by atoms with van der Waals surface area (Å²) in [5.41, 5.74) is 2.56. The Morgan fingerprint density at radius 3 is 3.00 bits per heavy atom. The summed E-state index contributed by atoms with van der Waals surface area (Å²) in [5, 5.41) is 5.87. The van der Waals surface area contributed by atoms with Crippen molar-refractivity contribution in [2.75, 3.05) is 11.1 Å². The van der Waals surface area contributed by atoms with E-state index in [1.807, 2.05) is 35.8 Å². The lowest BCUT2D eigenvalue weighted by molar-refractivity contribution is -0.113. The monoisotopic (exact) mass is 398 g/mol. The van der Waals surface area contributed by atoms with Crippen LogP contribution in [0.4, 0.5) is 5.69 Å². The highest BCUT2D eigenvalue weighted by Crippen LogP contribution is 2.21. The van der Waals surface area contributed by atoms with Crippen LogP contribution < -0.4 is 10.9 Å². The summed E-state index contributed by atoms with van der Waals surface area (Å²) in [6, 6.07) is 9.50. The summed E-state index contributed by atoms with van der Waals surface area (Å²) in [5.74, 6) is 0.762. The summed E-state index contributed by atoms with van der Waals surface area (Å²) in [7, 11) is 0. The number of fused-ring (bicyclic) bond motifs is 2. The Hall–Kier alpha value is -2.58. The Bertz CT molecular complexity index is 1180. The Morgan fingerprint density at radius 2 is 2.15 bits per heavy atom. The largest absolute Gasteiger partial charge is 0.348 e. The van der Waals surface area contributed by atoms with Crippen LogP contribution in [0.1, 0.15) is 12.6 Å². The van der Waals surface area contributed by atoms with Gasteiger partial charge in [0.2, 0.25) is 5.91 Å². The van der Waals surface area contributed by atoms with E-state index >= 15 is 0 Å². The van der Waals surface area contributed by atoms with Crippen molar-refractivity contribution in [1.82, 2.24) is 14.0 Å². The van der Waals surface area contributed by atoms with E-state index in [0.29, 0.717) is 22.2 Å². The van der Waals surface area contributed by atoms with Crippen LogP contribution in [0.25, 0.3) is 15.9 Å². The zero-order valence-electron chi connectivity index (χ0n) is 14.7. The van der Waals surface area contributed by atoms with Crippen LogP contribution in [0.5, 0.6) is 0 Å². The van der Waals surface area contributed by atoms with Crippen molar-refractivity contribution in [1.29, 1.82) is 0 Å². The summed E-state index contributed by atoms with van der Waals surface area (Å²) < 4.78 is 3.68. The quantitative estimate of drug-likeness (QED) is 0.539. The van der Waals surface area contributed by atoms with Gasteiger partial charge in [-0.3, -0.25) is 14.0 Å². The van der Waals surface area contributed by atoms with Gasteiger partial charge >= 0.3 is 0 Å². The third kappa shape index (κ3) is 3.77. The number of carbonyl (C=O) groups is 1. The zero-order valence-corrected chi connectivity index (χ0v) is 16.3. The summed E-state index contributed by atoms with van der Waals surface area (Å²) in [4.78, 5) is 29.3. The van der Waals surface area contributed by atoms with Gasteiger partial charge in [-0.2, -0.15) is 0 Å². The topological polar surface area (TPSA) is 68.4 Å². The third-order valence-electron chi connectivity index (χ3n) is 4.23. The second kappa shape index (κ2) is 7.58. The molecule has 0 radical (unpaired) electrons. The molecule has 0 saturated carbocycles. The molecule has 0 saturated heterocycles. The summed E-state index contributed by atoms with van der Waals surface area (Å²) in [6.07, 6.45) is 3.76. The number of carbonyl (C=O) groups excluding carboxylic acids is 1. The molecule has 4 rings (SSSR count). The second-order valence-electron chi connectivity index (χ2n) is 6.06. The minimum absolute atomic E-state index is 0.0665. The Labute approximate surface area is 163 Å². The lowest BCUT2D eigenvalue weighted by Gasteiger charge is -2.06. The van der Waals surface area contributed by atoms with Gasteiger partial charge in [0.05, 0.1) is 11.4 Å². The summed E-state index contributed by atoms with van der Waals surface area (Å²) in [6.45, 7) is 3.02. The number of nitrogens with one attached hydrogen (secondary N) is 1. The Balaban J connectivity index is 1.35. The van der Waals surface area contributed by atoms with E-state index < -0.39 is 0 Å². The van der Waals surface area contributed by atoms with E-state index in [1.54, 1.807) is 6.20 Å². The number of thiazole rings is 1. The van der Waals surface area contributed by atoms with Gasteiger partial charge in [0.25, 0.3) is 5.56 Å². The smallest absolute Gasteiger partial charge is 0.258 e. The van der Waals surface area contributed by atoms with Crippen LogP contribution in [0.3, 0.4) is 0 Å². The van der Waals surface area contributed by atoms with Crippen LogP contribution in [-0.4, -0.2) is 25.6 Å². The van der Waals surface area contributed by atoms with E-state index in [4.69, 9.17) is 0 Å². The molecule has 0 unspecified atom stereocenters. The van der Waals surface area contributed by atoms with Gasteiger partial charge < -0.3 is 9.88 Å². The first-order valence-corrected chi connectivity index (χ1v) is 10.6. The second-order valence-corrected chi connectivity index (χ2v) is 7.92. The van der Waals surface area contributed by atoms with Crippen molar-refractivity contribution in [2.24, 2.45) is 0 Å². The standard InChI is InChI=1S/C19H18N4O2S2/c1-2-22-6-5-13-9-14(3-4-16(13)22)20-17(24)12-26-11-15-10-18(25)23-7-8-27-19(23)21-15/h3-10H,2,11-12H2,1H3,(H,20,24). The molecule has 0 bridgehead atoms. The molecule has 3 heterocycles. The number of anilines is 1. The molecular weight excluding hydrogens is 380 g/mol. The minimum Gasteiger partial charge on any atom is -0.348 e. The van der Waals surface area contributed by atoms with Gasteiger partial charge in [-0.15, -0.1) is 23.1 Å². The number of rotatable bonds is 6. The number of hydrogen-bond acceptors (Lipinski definition) is 5. The maximum absolute atomic E-state index is 12.2. The molecule has 0 atom stereocenters. The van der Waals surface area contributed by atoms with E-state index in [-0.39, 0.29) is 11.5 Å². The van der Waals surface area contributed by atoms with Crippen molar-refractivity contribution in [3.05, 3.63) is 64.2 Å². The van der Waals surface area contributed by atoms with Crippen LogP contribution in [0.2, 0.25) is 0 Å². The molecule has 6 nitrogen and oxygen atoms in total. The van der Waals surface area contributed by atoms with Gasteiger partial charge in [0, 0.05) is 52.7 Å². The fourth-order valence-electron chi connectivity index (χ4n) is 2.96. The number of benzene rings is 1. The molecule has 0 fully saturated rings. The maximum Gasteiger partial charge on any atom is 0.258 e. The van der Waals surface area contributed by atoms with E-state index in [0.717, 1.165) is 23.1 Å². The molecule has 0 aliphatic carbocycles. The SMILES string of the molecule is CCn1ccc2cc(NC(=O)CSCc3cc(=O)n4ccsc4n3)ccc21. The summed E-state index contributed by atoms with van der Waals surface area (Å²) >= 11 is 2.87. The van der Waals surface area contributed by atoms with E-state index in [1.165, 1.54) is 33.6 Å². The van der Waals surface area contributed by atoms with Crippen molar-refractivity contribution in [2.45, 2.75) is 19.2 Å². The number of aryl methyl sites for hydroxylation is 1.